The van der Waals surface area contributed by atoms with E-state index in [1.165, 1.54) is 28.1 Å². The third-order valence-corrected chi connectivity index (χ3v) is 4.82. The number of fused-ring (bicyclic) bond motifs is 1. The minimum absolute atomic E-state index is 0.984. The van der Waals surface area contributed by atoms with Gasteiger partial charge in [0.15, 0.2) is 0 Å². The summed E-state index contributed by atoms with van der Waals surface area (Å²) in [5, 5.41) is 0. The van der Waals surface area contributed by atoms with Crippen molar-refractivity contribution in [1.82, 2.24) is 9.38 Å². The summed E-state index contributed by atoms with van der Waals surface area (Å²) >= 11 is 1.93. The molecule has 2 aromatic heterocycles. The molecule has 2 heterocycles. The largest absolute Gasteiger partial charge is 0.320 e. The van der Waals surface area contributed by atoms with Gasteiger partial charge in [-0.05, 0) is 36.6 Å². The highest BCUT2D eigenvalue weighted by atomic mass is 32.2. The van der Waals surface area contributed by atoms with Gasteiger partial charge in [-0.15, -0.1) is 11.8 Å². The van der Waals surface area contributed by atoms with Crippen molar-refractivity contribution in [2.45, 2.75) is 31.1 Å². The van der Waals surface area contributed by atoms with Gasteiger partial charge in [0.05, 0.1) is 11.2 Å². The van der Waals surface area contributed by atoms with E-state index in [1.807, 2.05) is 24.2 Å². The number of nitrogens with zero attached hydrogens (tertiary/aromatic N) is 2. The van der Waals surface area contributed by atoms with Gasteiger partial charge >= 0.3 is 0 Å². The average molecular weight is 296 g/mol. The molecule has 0 amide bonds. The predicted molar refractivity (Wildman–Crippen MR) is 90.1 cm³/mol. The van der Waals surface area contributed by atoms with E-state index in [1.54, 1.807) is 0 Å². The molecule has 21 heavy (non-hydrogen) atoms. The second kappa shape index (κ2) is 6.81. The van der Waals surface area contributed by atoms with Gasteiger partial charge in [-0.3, -0.25) is 4.98 Å². The van der Waals surface area contributed by atoms with Crippen LogP contribution in [0.1, 0.15) is 24.6 Å². The van der Waals surface area contributed by atoms with Crippen molar-refractivity contribution >= 4 is 17.3 Å². The number of aromatic nitrogens is 2. The van der Waals surface area contributed by atoms with Crippen LogP contribution < -0.4 is 0 Å². The van der Waals surface area contributed by atoms with Gasteiger partial charge in [-0.1, -0.05) is 37.3 Å². The summed E-state index contributed by atoms with van der Waals surface area (Å²) in [6.45, 7) is 2.22. The molecule has 0 aliphatic carbocycles. The maximum Gasteiger partial charge on any atom is 0.0804 e. The fraction of sp³-hybridized carbons (Fsp3) is 0.278. The molecule has 0 aliphatic rings. The van der Waals surface area contributed by atoms with Crippen molar-refractivity contribution in [2.24, 2.45) is 0 Å². The summed E-state index contributed by atoms with van der Waals surface area (Å²) in [5.41, 5.74) is 3.85. The Morgan fingerprint density at radius 1 is 1.05 bits per heavy atom. The fourth-order valence-electron chi connectivity index (χ4n) is 2.52. The molecule has 0 spiro atoms. The highest BCUT2D eigenvalue weighted by molar-refractivity contribution is 7.99. The normalized spacial score (nSPS) is 11.1. The maximum absolute atomic E-state index is 4.63. The van der Waals surface area contributed by atoms with Crippen LogP contribution in [0.4, 0.5) is 0 Å². The van der Waals surface area contributed by atoms with Gasteiger partial charge in [-0.2, -0.15) is 0 Å². The first kappa shape index (κ1) is 14.2. The Balaban J connectivity index is 1.85. The lowest BCUT2D eigenvalue weighted by molar-refractivity contribution is 0.904. The Labute approximate surface area is 130 Å². The third-order valence-electron chi connectivity index (χ3n) is 3.56. The Morgan fingerprint density at radius 3 is 2.71 bits per heavy atom. The van der Waals surface area contributed by atoms with E-state index in [9.17, 15) is 0 Å². The van der Waals surface area contributed by atoms with Crippen LogP contribution in [0.2, 0.25) is 0 Å². The molecule has 0 atom stereocenters. The number of hydrogen-bond donors (Lipinski definition) is 0. The van der Waals surface area contributed by atoms with Crippen molar-refractivity contribution in [1.29, 1.82) is 0 Å². The van der Waals surface area contributed by atoms with Crippen molar-refractivity contribution in [3.05, 3.63) is 66.2 Å². The van der Waals surface area contributed by atoms with Crippen LogP contribution in [0.15, 0.2) is 59.9 Å². The van der Waals surface area contributed by atoms with E-state index in [-0.39, 0.29) is 0 Å². The summed E-state index contributed by atoms with van der Waals surface area (Å²) in [7, 11) is 0. The molecule has 3 rings (SSSR count). The molecule has 3 aromatic rings. The van der Waals surface area contributed by atoms with Gasteiger partial charge in [0.2, 0.25) is 0 Å². The van der Waals surface area contributed by atoms with Crippen molar-refractivity contribution in [3.8, 4) is 0 Å². The number of benzene rings is 1. The second-order valence-electron chi connectivity index (χ2n) is 5.14. The summed E-state index contributed by atoms with van der Waals surface area (Å²) in [6.07, 6.45) is 9.30. The summed E-state index contributed by atoms with van der Waals surface area (Å²) < 4.78 is 2.20. The van der Waals surface area contributed by atoms with Crippen LogP contribution in [0.5, 0.6) is 0 Å². The zero-order valence-electron chi connectivity index (χ0n) is 12.3. The fourth-order valence-corrected chi connectivity index (χ4v) is 3.46. The summed E-state index contributed by atoms with van der Waals surface area (Å²) in [5.74, 6) is 1.16. The number of rotatable bonds is 6. The predicted octanol–water partition coefficient (Wildman–Crippen LogP) is 4.62. The van der Waals surface area contributed by atoms with E-state index in [0.29, 0.717) is 0 Å². The SMILES string of the molecule is CCCSc1ccn2ccnc(CCc3ccccc3)c12. The van der Waals surface area contributed by atoms with Gasteiger partial charge in [0, 0.05) is 23.5 Å². The molecular weight excluding hydrogens is 276 g/mol. The highest BCUT2D eigenvalue weighted by Crippen LogP contribution is 2.27. The quantitative estimate of drug-likeness (QED) is 0.617. The monoisotopic (exact) mass is 296 g/mol. The molecule has 0 saturated carbocycles. The number of thioether (sulfide) groups is 1. The van der Waals surface area contributed by atoms with E-state index in [0.717, 1.165) is 18.6 Å². The van der Waals surface area contributed by atoms with Gasteiger partial charge in [0.1, 0.15) is 0 Å². The van der Waals surface area contributed by atoms with Crippen LogP contribution in [-0.4, -0.2) is 15.1 Å². The minimum atomic E-state index is 0.984. The van der Waals surface area contributed by atoms with E-state index in [2.05, 4.69) is 58.9 Å². The van der Waals surface area contributed by atoms with Gasteiger partial charge < -0.3 is 4.40 Å². The molecule has 2 nitrogen and oxygen atoms in total. The number of hydrogen-bond acceptors (Lipinski definition) is 2. The Kier molecular flexibility index (Phi) is 4.61. The van der Waals surface area contributed by atoms with Crippen LogP contribution in [0.25, 0.3) is 5.52 Å². The summed E-state index contributed by atoms with van der Waals surface area (Å²) in [6, 6.07) is 12.8. The molecule has 0 fully saturated rings. The highest BCUT2D eigenvalue weighted by Gasteiger charge is 2.09. The third kappa shape index (κ3) is 3.30. The lowest BCUT2D eigenvalue weighted by atomic mass is 10.1. The van der Waals surface area contributed by atoms with Crippen molar-refractivity contribution < 1.29 is 0 Å². The topological polar surface area (TPSA) is 17.3 Å². The van der Waals surface area contributed by atoms with Crippen LogP contribution in [-0.2, 0) is 12.8 Å². The van der Waals surface area contributed by atoms with E-state index < -0.39 is 0 Å². The lowest BCUT2D eigenvalue weighted by Crippen LogP contribution is -1.98. The Hall–Kier alpha value is -1.74. The van der Waals surface area contributed by atoms with E-state index in [4.69, 9.17) is 0 Å². The molecule has 0 bridgehead atoms. The van der Waals surface area contributed by atoms with Gasteiger partial charge in [0.25, 0.3) is 0 Å². The Bertz CT molecular complexity index is 704. The first-order valence-corrected chi connectivity index (χ1v) is 8.48. The molecule has 3 heteroatoms. The first-order valence-electron chi connectivity index (χ1n) is 7.49. The molecule has 1 aromatic carbocycles. The minimum Gasteiger partial charge on any atom is -0.320 e. The van der Waals surface area contributed by atoms with Crippen LogP contribution >= 0.6 is 11.8 Å². The number of aryl methyl sites for hydroxylation is 2. The standard InChI is InChI=1S/C18H20N2S/c1-2-14-21-17-10-12-20-13-11-19-16(18(17)20)9-8-15-6-4-3-5-7-15/h3-7,10-13H,2,8-9,14H2,1H3. The van der Waals surface area contributed by atoms with Crippen LogP contribution in [0, 0.1) is 0 Å². The molecule has 0 aliphatic heterocycles. The second-order valence-corrected chi connectivity index (χ2v) is 6.28. The summed E-state index contributed by atoms with van der Waals surface area (Å²) in [4.78, 5) is 5.98. The van der Waals surface area contributed by atoms with Crippen LogP contribution in [0.3, 0.4) is 0 Å². The smallest absolute Gasteiger partial charge is 0.0804 e. The van der Waals surface area contributed by atoms with Crippen molar-refractivity contribution in [2.75, 3.05) is 5.75 Å². The van der Waals surface area contributed by atoms with Crippen molar-refractivity contribution in [3.63, 3.8) is 0 Å². The lowest BCUT2D eigenvalue weighted by Gasteiger charge is -2.07. The molecule has 0 saturated heterocycles. The first-order chi connectivity index (χ1) is 10.4. The molecule has 108 valence electrons. The zero-order valence-corrected chi connectivity index (χ0v) is 13.1. The molecule has 0 unspecified atom stereocenters. The molecular formula is C18H20N2S. The molecule has 0 N–H and O–H groups in total. The average Bonchev–Trinajstić information content (AvgIpc) is 2.96. The van der Waals surface area contributed by atoms with E-state index >= 15 is 0 Å². The maximum atomic E-state index is 4.63. The zero-order chi connectivity index (χ0) is 14.5. The van der Waals surface area contributed by atoms with Gasteiger partial charge in [-0.25, -0.2) is 0 Å². The molecule has 0 radical (unpaired) electrons. The Morgan fingerprint density at radius 2 is 1.90 bits per heavy atom.